The molecule has 7 heteroatoms. The predicted molar refractivity (Wildman–Crippen MR) is 95.0 cm³/mol. The number of ether oxygens (including phenoxy) is 1. The van der Waals surface area contributed by atoms with Crippen LogP contribution in [-0.2, 0) is 14.3 Å². The van der Waals surface area contributed by atoms with Crippen molar-refractivity contribution in [2.75, 3.05) is 23.4 Å². The number of phenolic OH excluding ortho intramolecular Hbond substituents is 1. The van der Waals surface area contributed by atoms with E-state index in [0.29, 0.717) is 24.3 Å². The summed E-state index contributed by atoms with van der Waals surface area (Å²) in [6.07, 6.45) is 1.30. The lowest BCUT2D eigenvalue weighted by molar-refractivity contribution is -0.119. The van der Waals surface area contributed by atoms with Gasteiger partial charge in [-0.1, -0.05) is 6.07 Å². The molecule has 0 atom stereocenters. The molecule has 0 spiro atoms. The molecule has 26 heavy (non-hydrogen) atoms. The molecule has 134 valence electrons. The zero-order valence-electron chi connectivity index (χ0n) is 14.0. The number of aromatic hydroxyl groups is 1. The van der Waals surface area contributed by atoms with E-state index in [1.165, 1.54) is 24.3 Å². The lowest BCUT2D eigenvalue weighted by atomic mass is 10.2. The second kappa shape index (κ2) is 7.69. The number of benzene rings is 2. The van der Waals surface area contributed by atoms with Gasteiger partial charge in [0.2, 0.25) is 5.91 Å². The molecule has 2 aromatic rings. The van der Waals surface area contributed by atoms with E-state index in [2.05, 4.69) is 5.32 Å². The van der Waals surface area contributed by atoms with Gasteiger partial charge in [0.05, 0.1) is 5.56 Å². The standard InChI is InChI=1S/C19H18N2O5/c22-16-8-6-14(7-9-16)20-17(23)12-26-19(25)13-3-1-4-15(11-13)21-10-2-5-18(21)24/h1,3-4,6-9,11,22H,2,5,10,12H2,(H,20,23). The highest BCUT2D eigenvalue weighted by molar-refractivity contribution is 5.98. The van der Waals surface area contributed by atoms with Crippen molar-refractivity contribution in [1.29, 1.82) is 0 Å². The number of nitrogens with one attached hydrogen (secondary N) is 1. The van der Waals surface area contributed by atoms with Crippen molar-refractivity contribution < 1.29 is 24.2 Å². The number of rotatable bonds is 5. The summed E-state index contributed by atoms with van der Waals surface area (Å²) in [5.74, 6) is -1.01. The molecule has 1 saturated heterocycles. The molecular weight excluding hydrogens is 336 g/mol. The average Bonchev–Trinajstić information content (AvgIpc) is 3.08. The summed E-state index contributed by atoms with van der Waals surface area (Å²) in [5, 5.41) is 11.8. The normalized spacial score (nSPS) is 13.5. The summed E-state index contributed by atoms with van der Waals surface area (Å²) < 4.78 is 5.03. The van der Waals surface area contributed by atoms with Crippen LogP contribution in [0, 0.1) is 0 Å². The largest absolute Gasteiger partial charge is 0.508 e. The van der Waals surface area contributed by atoms with Crippen LogP contribution in [0.25, 0.3) is 0 Å². The van der Waals surface area contributed by atoms with Crippen LogP contribution >= 0.6 is 0 Å². The van der Waals surface area contributed by atoms with Crippen molar-refractivity contribution in [2.24, 2.45) is 0 Å². The molecule has 1 aliphatic rings. The molecule has 2 N–H and O–H groups in total. The smallest absolute Gasteiger partial charge is 0.338 e. The second-order valence-electron chi connectivity index (χ2n) is 5.87. The fourth-order valence-electron chi connectivity index (χ4n) is 2.68. The van der Waals surface area contributed by atoms with Crippen molar-refractivity contribution in [3.63, 3.8) is 0 Å². The SMILES string of the molecule is O=C(COC(=O)c1cccc(N2CCCC2=O)c1)Nc1ccc(O)cc1. The van der Waals surface area contributed by atoms with E-state index in [-0.39, 0.29) is 17.2 Å². The lowest BCUT2D eigenvalue weighted by Gasteiger charge is -2.16. The Balaban J connectivity index is 1.57. The number of esters is 1. The summed E-state index contributed by atoms with van der Waals surface area (Å²) in [5.41, 5.74) is 1.41. The number of amides is 2. The van der Waals surface area contributed by atoms with Gasteiger partial charge in [-0.25, -0.2) is 4.79 Å². The highest BCUT2D eigenvalue weighted by atomic mass is 16.5. The summed E-state index contributed by atoms with van der Waals surface area (Å²) in [6.45, 7) is 0.193. The van der Waals surface area contributed by atoms with Crippen LogP contribution < -0.4 is 10.2 Å². The molecule has 0 aliphatic carbocycles. The van der Waals surface area contributed by atoms with Crippen LogP contribution in [0.4, 0.5) is 11.4 Å². The zero-order valence-corrected chi connectivity index (χ0v) is 14.0. The van der Waals surface area contributed by atoms with E-state index in [1.807, 2.05) is 0 Å². The molecule has 2 amide bonds. The summed E-state index contributed by atoms with van der Waals surface area (Å²) in [4.78, 5) is 37.4. The second-order valence-corrected chi connectivity index (χ2v) is 5.87. The maximum Gasteiger partial charge on any atom is 0.338 e. The first-order valence-electron chi connectivity index (χ1n) is 8.19. The van der Waals surface area contributed by atoms with Crippen LogP contribution in [0.1, 0.15) is 23.2 Å². The number of carbonyl (C=O) groups is 3. The molecule has 3 rings (SSSR count). The molecule has 0 saturated carbocycles. The zero-order chi connectivity index (χ0) is 18.5. The van der Waals surface area contributed by atoms with Crippen molar-refractivity contribution in [1.82, 2.24) is 0 Å². The Kier molecular flexibility index (Phi) is 5.17. The van der Waals surface area contributed by atoms with Crippen molar-refractivity contribution in [3.8, 4) is 5.75 Å². The Morgan fingerprint density at radius 1 is 1.15 bits per heavy atom. The van der Waals surface area contributed by atoms with Crippen LogP contribution in [0.15, 0.2) is 48.5 Å². The molecule has 0 unspecified atom stereocenters. The molecule has 7 nitrogen and oxygen atoms in total. The molecule has 0 bridgehead atoms. The predicted octanol–water partition coefficient (Wildman–Crippen LogP) is 2.31. The van der Waals surface area contributed by atoms with Gasteiger partial charge in [0, 0.05) is 24.3 Å². The third kappa shape index (κ3) is 4.18. The first-order valence-corrected chi connectivity index (χ1v) is 8.19. The van der Waals surface area contributed by atoms with Crippen LogP contribution in [0.3, 0.4) is 0 Å². The minimum atomic E-state index is -0.639. The number of hydrogen-bond donors (Lipinski definition) is 2. The maximum atomic E-state index is 12.2. The van der Waals surface area contributed by atoms with Crippen molar-refractivity contribution in [2.45, 2.75) is 12.8 Å². The fourth-order valence-corrected chi connectivity index (χ4v) is 2.68. The van der Waals surface area contributed by atoms with Gasteiger partial charge in [0.15, 0.2) is 6.61 Å². The van der Waals surface area contributed by atoms with E-state index in [0.717, 1.165) is 6.42 Å². The van der Waals surface area contributed by atoms with E-state index < -0.39 is 18.5 Å². The number of nitrogens with zero attached hydrogens (tertiary/aromatic N) is 1. The summed E-state index contributed by atoms with van der Waals surface area (Å²) in [6, 6.07) is 12.5. The third-order valence-corrected chi connectivity index (χ3v) is 3.95. The van der Waals surface area contributed by atoms with Crippen LogP contribution in [0.5, 0.6) is 5.75 Å². The number of hydrogen-bond acceptors (Lipinski definition) is 5. The van der Waals surface area contributed by atoms with E-state index >= 15 is 0 Å². The molecule has 0 radical (unpaired) electrons. The Hall–Kier alpha value is -3.35. The number of carbonyl (C=O) groups excluding carboxylic acids is 3. The third-order valence-electron chi connectivity index (χ3n) is 3.95. The minimum absolute atomic E-state index is 0.0313. The molecule has 2 aromatic carbocycles. The Labute approximate surface area is 150 Å². The monoisotopic (exact) mass is 354 g/mol. The first-order chi connectivity index (χ1) is 12.5. The highest BCUT2D eigenvalue weighted by Crippen LogP contribution is 2.22. The maximum absolute atomic E-state index is 12.2. The lowest BCUT2D eigenvalue weighted by Crippen LogP contribution is -2.24. The Bertz CT molecular complexity index is 832. The Morgan fingerprint density at radius 3 is 2.62 bits per heavy atom. The van der Waals surface area contributed by atoms with E-state index in [4.69, 9.17) is 4.74 Å². The van der Waals surface area contributed by atoms with Crippen LogP contribution in [-0.4, -0.2) is 36.0 Å². The van der Waals surface area contributed by atoms with Gasteiger partial charge < -0.3 is 20.1 Å². The number of phenols is 1. The molecule has 1 aliphatic heterocycles. The number of anilines is 2. The van der Waals surface area contributed by atoms with Gasteiger partial charge in [-0.15, -0.1) is 0 Å². The quantitative estimate of drug-likeness (QED) is 0.634. The highest BCUT2D eigenvalue weighted by Gasteiger charge is 2.22. The van der Waals surface area contributed by atoms with E-state index in [9.17, 15) is 19.5 Å². The summed E-state index contributed by atoms with van der Waals surface area (Å²) in [7, 11) is 0. The van der Waals surface area contributed by atoms with E-state index in [1.54, 1.807) is 29.2 Å². The minimum Gasteiger partial charge on any atom is -0.508 e. The van der Waals surface area contributed by atoms with Crippen LogP contribution in [0.2, 0.25) is 0 Å². The van der Waals surface area contributed by atoms with Gasteiger partial charge in [0.1, 0.15) is 5.75 Å². The van der Waals surface area contributed by atoms with Crippen molar-refractivity contribution in [3.05, 3.63) is 54.1 Å². The van der Waals surface area contributed by atoms with Gasteiger partial charge in [-0.05, 0) is 48.9 Å². The van der Waals surface area contributed by atoms with Gasteiger partial charge >= 0.3 is 5.97 Å². The molecule has 1 fully saturated rings. The Morgan fingerprint density at radius 2 is 1.92 bits per heavy atom. The van der Waals surface area contributed by atoms with Gasteiger partial charge in [0.25, 0.3) is 5.91 Å². The molecular formula is C19H18N2O5. The first kappa shape index (κ1) is 17.5. The fraction of sp³-hybridized carbons (Fsp3) is 0.211. The topological polar surface area (TPSA) is 95.9 Å². The average molecular weight is 354 g/mol. The van der Waals surface area contributed by atoms with Gasteiger partial charge in [-0.3, -0.25) is 9.59 Å². The van der Waals surface area contributed by atoms with Crippen molar-refractivity contribution >= 4 is 29.2 Å². The van der Waals surface area contributed by atoms with Gasteiger partial charge in [-0.2, -0.15) is 0 Å². The molecule has 0 aromatic heterocycles. The molecule has 1 heterocycles. The summed E-state index contributed by atoms with van der Waals surface area (Å²) >= 11 is 0.